The molecule has 0 spiro atoms. The van der Waals surface area contributed by atoms with Crippen LogP contribution in [0.3, 0.4) is 0 Å². The first-order valence-electron chi connectivity index (χ1n) is 8.67. The van der Waals surface area contributed by atoms with Gasteiger partial charge in [-0.15, -0.1) is 0 Å². The minimum absolute atomic E-state index is 0.167. The van der Waals surface area contributed by atoms with Crippen molar-refractivity contribution in [3.63, 3.8) is 0 Å². The first kappa shape index (κ1) is 16.7. The third-order valence-corrected chi connectivity index (χ3v) is 6.12. The Kier molecular flexibility index (Phi) is 4.56. The van der Waals surface area contributed by atoms with Crippen LogP contribution in [0.5, 0.6) is 6.01 Å². The molecule has 0 N–H and O–H groups in total. The van der Waals surface area contributed by atoms with Gasteiger partial charge in [-0.05, 0) is 31.7 Å². The van der Waals surface area contributed by atoms with Gasteiger partial charge in [-0.3, -0.25) is 0 Å². The molecule has 2 fully saturated rings. The fraction of sp³-hybridized carbons (Fsp3) is 0.647. The summed E-state index contributed by atoms with van der Waals surface area (Å²) < 4.78 is 15.5. The Bertz CT molecular complexity index is 739. The maximum atomic E-state index is 6.00. The summed E-state index contributed by atoms with van der Waals surface area (Å²) in [5, 5.41) is 0.993. The molecule has 1 aliphatic heterocycles. The fourth-order valence-corrected chi connectivity index (χ4v) is 4.74. The summed E-state index contributed by atoms with van der Waals surface area (Å²) >= 11 is 1.46. The summed E-state index contributed by atoms with van der Waals surface area (Å²) in [5.74, 6) is 1.39. The molecule has 25 heavy (non-hydrogen) atoms. The quantitative estimate of drug-likeness (QED) is 0.782. The number of anilines is 1. The van der Waals surface area contributed by atoms with E-state index in [1.54, 1.807) is 13.3 Å². The lowest BCUT2D eigenvalue weighted by atomic mass is 9.82. The third-order valence-electron chi connectivity index (χ3n) is 5.30. The molecule has 2 aromatic rings. The van der Waals surface area contributed by atoms with Crippen molar-refractivity contribution in [1.82, 2.24) is 19.3 Å². The molecule has 0 amide bonds. The van der Waals surface area contributed by atoms with Crippen LogP contribution in [0.4, 0.5) is 5.13 Å². The van der Waals surface area contributed by atoms with Crippen LogP contribution < -0.4 is 9.64 Å². The van der Waals surface area contributed by atoms with Gasteiger partial charge >= 0.3 is 6.01 Å². The molecular formula is C17H23N5O2S. The summed E-state index contributed by atoms with van der Waals surface area (Å²) in [6.45, 7) is 5.08. The Morgan fingerprint density at radius 2 is 2.32 bits per heavy atom. The lowest BCUT2D eigenvalue weighted by molar-refractivity contribution is 0.130. The van der Waals surface area contributed by atoms with Gasteiger partial charge < -0.3 is 14.4 Å². The van der Waals surface area contributed by atoms with Gasteiger partial charge in [-0.2, -0.15) is 4.37 Å². The Labute approximate surface area is 151 Å². The lowest BCUT2D eigenvalue weighted by Gasteiger charge is -2.28. The van der Waals surface area contributed by atoms with Crippen LogP contribution in [0.15, 0.2) is 12.3 Å². The predicted octanol–water partition coefficient (Wildman–Crippen LogP) is 2.47. The van der Waals surface area contributed by atoms with E-state index in [4.69, 9.17) is 9.47 Å². The lowest BCUT2D eigenvalue weighted by Crippen LogP contribution is -2.34. The molecule has 2 aromatic heterocycles. The molecule has 3 heterocycles. The summed E-state index contributed by atoms with van der Waals surface area (Å²) in [7, 11) is 1.67. The van der Waals surface area contributed by atoms with Gasteiger partial charge in [0.05, 0.1) is 6.61 Å². The molecule has 0 bridgehead atoms. The summed E-state index contributed by atoms with van der Waals surface area (Å²) in [5.41, 5.74) is 1.10. The van der Waals surface area contributed by atoms with Crippen molar-refractivity contribution in [2.75, 3.05) is 31.7 Å². The van der Waals surface area contributed by atoms with Crippen molar-refractivity contribution >= 4 is 16.7 Å². The summed E-state index contributed by atoms with van der Waals surface area (Å²) in [6.07, 6.45) is 5.45. The first-order chi connectivity index (χ1) is 12.2. The molecule has 0 radical (unpaired) electrons. The van der Waals surface area contributed by atoms with E-state index in [1.165, 1.54) is 30.8 Å². The topological polar surface area (TPSA) is 73.3 Å². The van der Waals surface area contributed by atoms with Crippen LogP contribution >= 0.6 is 11.5 Å². The van der Waals surface area contributed by atoms with E-state index < -0.39 is 0 Å². The van der Waals surface area contributed by atoms with Gasteiger partial charge in [0.15, 0.2) is 5.82 Å². The monoisotopic (exact) mass is 361 g/mol. The second-order valence-corrected chi connectivity index (χ2v) is 7.76. The number of hydrogen-bond donors (Lipinski definition) is 0. The molecule has 134 valence electrons. The SMILES string of the molecule is COCc1nsc(N2CC3CCCC3(COc3nccc(C)n3)C2)n1. The Balaban J connectivity index is 1.46. The number of rotatable bonds is 6. The van der Waals surface area contributed by atoms with Crippen molar-refractivity contribution in [2.45, 2.75) is 32.8 Å². The highest BCUT2D eigenvalue weighted by Crippen LogP contribution is 2.49. The van der Waals surface area contributed by atoms with Crippen LogP contribution in [0.2, 0.25) is 0 Å². The second-order valence-electron chi connectivity index (χ2n) is 7.03. The average Bonchev–Trinajstić information content (AvgIpc) is 3.27. The molecule has 4 rings (SSSR count). The van der Waals surface area contributed by atoms with Crippen LogP contribution in [-0.4, -0.2) is 46.1 Å². The molecule has 8 heteroatoms. The van der Waals surface area contributed by atoms with Crippen molar-refractivity contribution in [3.8, 4) is 6.01 Å². The first-order valence-corrected chi connectivity index (χ1v) is 9.45. The minimum atomic E-state index is 0.167. The zero-order valence-corrected chi connectivity index (χ0v) is 15.5. The molecule has 2 atom stereocenters. The third kappa shape index (κ3) is 3.32. The van der Waals surface area contributed by atoms with Gasteiger partial charge in [-0.25, -0.2) is 15.0 Å². The zero-order chi connectivity index (χ0) is 17.3. The standard InChI is InChI=1S/C17H23N5O2S/c1-12-5-7-18-15(19-12)24-11-17-6-3-4-13(17)8-22(10-17)16-20-14(9-23-2)21-25-16/h5,7,13H,3-4,6,8-11H2,1-2H3. The normalized spacial score (nSPS) is 25.4. The largest absolute Gasteiger partial charge is 0.463 e. The van der Waals surface area contributed by atoms with Gasteiger partial charge in [0.2, 0.25) is 5.13 Å². The van der Waals surface area contributed by atoms with Gasteiger partial charge in [0.1, 0.15) is 6.61 Å². The van der Waals surface area contributed by atoms with Crippen molar-refractivity contribution in [1.29, 1.82) is 0 Å². The second kappa shape index (κ2) is 6.84. The van der Waals surface area contributed by atoms with Crippen LogP contribution in [0, 0.1) is 18.3 Å². The highest BCUT2D eigenvalue weighted by atomic mass is 32.1. The molecule has 0 aromatic carbocycles. The van der Waals surface area contributed by atoms with Crippen LogP contribution in [0.1, 0.15) is 30.8 Å². The Morgan fingerprint density at radius 3 is 3.16 bits per heavy atom. The van der Waals surface area contributed by atoms with Gasteiger partial charge in [0.25, 0.3) is 0 Å². The Hall–Kier alpha value is -1.80. The van der Waals surface area contributed by atoms with Crippen molar-refractivity contribution in [2.24, 2.45) is 11.3 Å². The number of aryl methyl sites for hydroxylation is 1. The van der Waals surface area contributed by atoms with Crippen LogP contribution in [0.25, 0.3) is 0 Å². The summed E-state index contributed by atoms with van der Waals surface area (Å²) in [4.78, 5) is 15.6. The average molecular weight is 361 g/mol. The van der Waals surface area contributed by atoms with E-state index in [-0.39, 0.29) is 5.41 Å². The number of hydrogen-bond acceptors (Lipinski definition) is 8. The highest BCUT2D eigenvalue weighted by molar-refractivity contribution is 7.09. The van der Waals surface area contributed by atoms with Crippen LogP contribution in [-0.2, 0) is 11.3 Å². The molecule has 7 nitrogen and oxygen atoms in total. The zero-order valence-electron chi connectivity index (χ0n) is 14.6. The Morgan fingerprint density at radius 1 is 1.40 bits per heavy atom. The van der Waals surface area contributed by atoms with E-state index in [9.17, 15) is 0 Å². The fourth-order valence-electron chi connectivity index (χ4n) is 4.06. The number of aromatic nitrogens is 4. The van der Waals surface area contributed by atoms with E-state index in [0.717, 1.165) is 29.7 Å². The predicted molar refractivity (Wildman–Crippen MR) is 94.9 cm³/mol. The number of methoxy groups -OCH3 is 1. The molecule has 2 aliphatic rings. The maximum absolute atomic E-state index is 6.00. The molecular weight excluding hydrogens is 338 g/mol. The molecule has 1 aliphatic carbocycles. The maximum Gasteiger partial charge on any atom is 0.316 e. The van der Waals surface area contributed by atoms with E-state index in [0.29, 0.717) is 25.1 Å². The van der Waals surface area contributed by atoms with Gasteiger partial charge in [-0.1, -0.05) is 6.42 Å². The number of fused-ring (bicyclic) bond motifs is 1. The van der Waals surface area contributed by atoms with Crippen molar-refractivity contribution < 1.29 is 9.47 Å². The van der Waals surface area contributed by atoms with E-state index >= 15 is 0 Å². The van der Waals surface area contributed by atoms with Gasteiger partial charge in [0, 0.05) is 49.0 Å². The summed E-state index contributed by atoms with van der Waals surface area (Å²) in [6, 6.07) is 2.37. The van der Waals surface area contributed by atoms with E-state index in [2.05, 4.69) is 24.2 Å². The molecule has 1 saturated carbocycles. The number of ether oxygens (including phenoxy) is 2. The highest BCUT2D eigenvalue weighted by Gasteiger charge is 2.50. The van der Waals surface area contributed by atoms with Crippen molar-refractivity contribution in [3.05, 3.63) is 23.8 Å². The number of nitrogens with zero attached hydrogens (tertiary/aromatic N) is 5. The molecule has 1 saturated heterocycles. The molecule has 2 unspecified atom stereocenters. The minimum Gasteiger partial charge on any atom is -0.463 e. The van der Waals surface area contributed by atoms with E-state index in [1.807, 2.05) is 13.0 Å². The smallest absolute Gasteiger partial charge is 0.316 e.